The number of rotatable bonds is 29. The van der Waals surface area contributed by atoms with Crippen molar-refractivity contribution >= 4 is 88.0 Å². The number of hydrogen-bond acceptors (Lipinski definition) is 15. The monoisotopic (exact) mass is 1180 g/mol. The predicted molar refractivity (Wildman–Crippen MR) is 315 cm³/mol. The Kier molecular flexibility index (Phi) is 20.5. The van der Waals surface area contributed by atoms with E-state index in [-0.39, 0.29) is 107 Å². The first kappa shape index (κ1) is 62.4. The summed E-state index contributed by atoms with van der Waals surface area (Å²) in [5.74, 6) is -4.32. The van der Waals surface area contributed by atoms with Gasteiger partial charge < -0.3 is 55.0 Å². The number of imide groups is 1. The molecular formula is C61H69N11O14. The Bertz CT molecular complexity index is 3490. The molecule has 0 fully saturated rings. The van der Waals surface area contributed by atoms with Gasteiger partial charge in [-0.15, -0.1) is 0 Å². The molecule has 86 heavy (non-hydrogen) atoms. The van der Waals surface area contributed by atoms with Crippen molar-refractivity contribution in [3.05, 3.63) is 119 Å². The van der Waals surface area contributed by atoms with Crippen LogP contribution in [0.1, 0.15) is 94.7 Å². The van der Waals surface area contributed by atoms with Crippen LogP contribution in [0.15, 0.2) is 90.2 Å². The molecule has 25 nitrogen and oxygen atoms in total. The maximum absolute atomic E-state index is 14.3. The molecule has 8 amide bonds. The van der Waals surface area contributed by atoms with Crippen LogP contribution in [0.3, 0.4) is 0 Å². The normalized spacial score (nSPS) is 14.7. The average Bonchev–Trinajstić information content (AvgIpc) is 1.70. The Morgan fingerprint density at radius 3 is 2.17 bits per heavy atom. The quantitative estimate of drug-likeness (QED) is 0.0286. The first-order chi connectivity index (χ1) is 41.1. The van der Waals surface area contributed by atoms with Gasteiger partial charge in [-0.25, -0.2) is 9.78 Å². The number of aromatic nitrogens is 3. The molecule has 0 saturated carbocycles. The van der Waals surface area contributed by atoms with Crippen molar-refractivity contribution in [3.8, 4) is 16.9 Å². The summed E-state index contributed by atoms with van der Waals surface area (Å²) in [7, 11) is 3.33. The summed E-state index contributed by atoms with van der Waals surface area (Å²) in [5.41, 5.74) is 5.93. The Morgan fingerprint density at radius 2 is 1.47 bits per heavy atom. The largest absolute Gasteiger partial charge is 0.493 e. The summed E-state index contributed by atoms with van der Waals surface area (Å²) in [6.45, 7) is 7.89. The zero-order valence-corrected chi connectivity index (χ0v) is 48.6. The number of ether oxygens (including phenoxy) is 3. The fourth-order valence-electron chi connectivity index (χ4n) is 9.86. The zero-order valence-electron chi connectivity index (χ0n) is 48.6. The number of anilines is 3. The van der Waals surface area contributed by atoms with Crippen LogP contribution in [-0.4, -0.2) is 154 Å². The highest BCUT2D eigenvalue weighted by Crippen LogP contribution is 2.40. The number of carboxylic acid groups (broad SMARTS) is 1. The van der Waals surface area contributed by atoms with E-state index in [0.29, 0.717) is 58.2 Å². The van der Waals surface area contributed by atoms with Gasteiger partial charge in [0, 0.05) is 107 Å². The van der Waals surface area contributed by atoms with Gasteiger partial charge in [-0.1, -0.05) is 32.0 Å². The molecule has 0 aliphatic carbocycles. The maximum atomic E-state index is 14.3. The Labute approximate surface area is 495 Å². The van der Waals surface area contributed by atoms with Crippen molar-refractivity contribution in [2.45, 2.75) is 84.3 Å². The van der Waals surface area contributed by atoms with Crippen LogP contribution < -0.4 is 36.2 Å². The summed E-state index contributed by atoms with van der Waals surface area (Å²) >= 11 is 0. The second-order valence-corrected chi connectivity index (χ2v) is 21.3. The summed E-state index contributed by atoms with van der Waals surface area (Å²) in [6.07, 6.45) is 8.39. The van der Waals surface area contributed by atoms with Crippen LogP contribution in [0.5, 0.6) is 5.75 Å². The minimum atomic E-state index is -1.03. The van der Waals surface area contributed by atoms with Gasteiger partial charge in [-0.2, -0.15) is 0 Å². The molecule has 8 rings (SSSR count). The van der Waals surface area contributed by atoms with Crippen LogP contribution in [0, 0.1) is 12.8 Å². The van der Waals surface area contributed by atoms with E-state index in [0.717, 1.165) is 33.7 Å². The van der Waals surface area contributed by atoms with E-state index in [4.69, 9.17) is 19.2 Å². The molecule has 6 N–H and O–H groups in total. The lowest BCUT2D eigenvalue weighted by molar-refractivity contribution is -0.137. The number of aliphatic imine (C=N–C) groups is 1. The number of benzene rings is 3. The van der Waals surface area contributed by atoms with Crippen molar-refractivity contribution in [2.24, 2.45) is 25.0 Å². The lowest BCUT2D eigenvalue weighted by atomic mass is 10.0. The summed E-state index contributed by atoms with van der Waals surface area (Å²) in [5, 5.41) is 23.1. The smallest absolute Gasteiger partial charge is 0.352 e. The predicted octanol–water partition coefficient (Wildman–Crippen LogP) is 4.38. The first-order valence-corrected chi connectivity index (χ1v) is 28.1. The number of ketones is 1. The molecule has 0 spiro atoms. The average molecular weight is 1180 g/mol. The van der Waals surface area contributed by atoms with Gasteiger partial charge in [0.25, 0.3) is 23.6 Å². The molecule has 3 aliphatic rings. The molecule has 0 radical (unpaired) electrons. The number of fused-ring (bicyclic) bond motifs is 4. The van der Waals surface area contributed by atoms with Gasteiger partial charge in [0.1, 0.15) is 29.3 Å². The third kappa shape index (κ3) is 15.8. The molecule has 3 atom stereocenters. The fraction of sp³-hybridized carbons (Fsp3) is 0.377. The van der Waals surface area contributed by atoms with Crippen LogP contribution in [0.25, 0.3) is 11.1 Å². The number of carbonyl (C=O) groups is 10. The van der Waals surface area contributed by atoms with Crippen LogP contribution in [0.4, 0.5) is 22.7 Å². The third-order valence-electron chi connectivity index (χ3n) is 14.5. The zero-order chi connectivity index (χ0) is 61.8. The van der Waals surface area contributed by atoms with E-state index in [1.54, 1.807) is 111 Å². The highest BCUT2D eigenvalue weighted by atomic mass is 16.5. The van der Waals surface area contributed by atoms with Crippen molar-refractivity contribution in [3.63, 3.8) is 0 Å². The summed E-state index contributed by atoms with van der Waals surface area (Å²) < 4.78 is 20.1. The van der Waals surface area contributed by atoms with Gasteiger partial charge in [0.15, 0.2) is 5.82 Å². The molecule has 452 valence electrons. The lowest BCUT2D eigenvalue weighted by Gasteiger charge is -2.24. The second kappa shape index (κ2) is 28.3. The van der Waals surface area contributed by atoms with Crippen LogP contribution in [-0.2, 0) is 70.0 Å². The molecule has 0 unspecified atom stereocenters. The highest BCUT2D eigenvalue weighted by molar-refractivity contribution is 6.15. The van der Waals surface area contributed by atoms with Crippen molar-refractivity contribution in [1.82, 2.24) is 35.0 Å². The minimum Gasteiger partial charge on any atom is -0.493 e. The van der Waals surface area contributed by atoms with E-state index < -0.39 is 59.5 Å². The number of amides is 8. The van der Waals surface area contributed by atoms with Crippen molar-refractivity contribution < 1.29 is 67.3 Å². The van der Waals surface area contributed by atoms with Gasteiger partial charge in [-0.3, -0.25) is 57.9 Å². The molecule has 3 aliphatic heterocycles. The molecule has 2 aromatic heterocycles. The first-order valence-electron chi connectivity index (χ1n) is 28.1. The maximum Gasteiger partial charge on any atom is 0.352 e. The number of hydrogen-bond donors (Lipinski definition) is 6. The summed E-state index contributed by atoms with van der Waals surface area (Å²) in [6, 6.07) is 14.9. The van der Waals surface area contributed by atoms with Crippen LogP contribution >= 0.6 is 0 Å². The molecule has 5 aromatic rings. The second-order valence-electron chi connectivity index (χ2n) is 21.3. The van der Waals surface area contributed by atoms with Crippen LogP contribution in [0.2, 0.25) is 0 Å². The van der Waals surface area contributed by atoms with E-state index in [9.17, 15) is 53.1 Å². The van der Waals surface area contributed by atoms with E-state index in [1.165, 1.54) is 11.5 Å². The van der Waals surface area contributed by atoms with Crippen molar-refractivity contribution in [1.29, 1.82) is 0 Å². The molecule has 5 heterocycles. The number of aromatic carboxylic acids is 1. The minimum absolute atomic E-state index is 0.0132. The van der Waals surface area contributed by atoms with E-state index in [1.807, 2.05) is 13.0 Å². The van der Waals surface area contributed by atoms with Gasteiger partial charge >= 0.3 is 5.97 Å². The SMILES string of the molecule is Cc1cc2c(cc1OCCCC(=O)Cc1cn(C)c(C(=O)Nc3ccc(-c4cc(C(=O)O)n(C)c4)cc3)n1)N=C[C@@H]1Cc3ccc(NC(=O)[C@H](C)NC(=O)[C@@H](NC(=O)CCOCCOCCNC(=O)CCN4C(=O)C=CC4=O)C(C)C)cc3N1C2=O. The standard InChI is InChI=1S/C61H69N11O14/c1-35(2)55(68-52(75)18-22-84-24-25-85-23-19-62-51(74)17-20-71-53(76)15-16-54(71)77)58(79)64-37(4)57(78)67-42-14-11-39-27-44-32-63-47-31-50(36(3)26-46(47)60(81)72(44)48(39)30-42)86-21-7-8-45(73)29-43-34-70(6)56(65-43)59(80)66-41-12-9-38(10-13-41)40-28-49(61(82)83)69(5)33-40/h9-16,26,28,30-35,37,44,55H,7-8,17-25,27,29H2,1-6H3,(H,62,74)(H,64,79)(H,66,80)(H,67,78)(H,68,75)(H,82,83)/t37-,44-,55-/m0/s1. The molecule has 0 saturated heterocycles. The number of imidazole rings is 1. The van der Waals surface area contributed by atoms with E-state index >= 15 is 0 Å². The third-order valence-corrected chi connectivity index (χ3v) is 14.5. The van der Waals surface area contributed by atoms with Gasteiger partial charge in [-0.05, 0) is 79.3 Å². The fourth-order valence-corrected chi connectivity index (χ4v) is 9.86. The number of carbonyl (C=O) groups excluding carboxylic acids is 9. The van der Waals surface area contributed by atoms with Gasteiger partial charge in [0.05, 0.1) is 68.1 Å². The number of Topliss-reactive ketones (excluding diaryl/α,β-unsaturated/α-hetero) is 1. The van der Waals surface area contributed by atoms with E-state index in [2.05, 4.69) is 31.6 Å². The number of carboxylic acids is 1. The number of nitrogens with zero attached hydrogens (tertiary/aromatic N) is 6. The number of nitrogens with one attached hydrogen (secondary N) is 5. The Balaban J connectivity index is 0.742. The van der Waals surface area contributed by atoms with Gasteiger partial charge in [0.2, 0.25) is 23.6 Å². The number of aryl methyl sites for hydroxylation is 3. The van der Waals surface area contributed by atoms with Crippen molar-refractivity contribution in [2.75, 3.05) is 61.7 Å². The molecule has 3 aromatic carbocycles. The lowest BCUT2D eigenvalue weighted by Crippen LogP contribution is -2.53. The molecule has 0 bridgehead atoms. The Morgan fingerprint density at radius 1 is 0.744 bits per heavy atom. The molecular weight excluding hydrogens is 1110 g/mol. The highest BCUT2D eigenvalue weighted by Gasteiger charge is 2.37. The Hall–Kier alpha value is -9.62. The molecule has 25 heteroatoms. The topological polar surface area (TPSA) is 320 Å². The summed E-state index contributed by atoms with van der Waals surface area (Å²) in [4.78, 5) is 139.